The fraction of sp³-hybridized carbons (Fsp3) is 0.250. The Morgan fingerprint density at radius 3 is 2.80 bits per heavy atom. The van der Waals surface area contributed by atoms with Crippen molar-refractivity contribution in [1.82, 2.24) is 9.29 Å². The first-order valence-electron chi connectivity index (χ1n) is 5.65. The Morgan fingerprint density at radius 2 is 2.20 bits per heavy atom. The maximum Gasteiger partial charge on any atom is 0.218 e. The third-order valence-corrected chi connectivity index (χ3v) is 5.42. The van der Waals surface area contributed by atoms with E-state index in [1.165, 1.54) is 34.8 Å². The summed E-state index contributed by atoms with van der Waals surface area (Å²) < 4.78 is 39.1. The molecule has 108 valence electrons. The lowest BCUT2D eigenvalue weighted by Crippen LogP contribution is -2.28. The van der Waals surface area contributed by atoms with Crippen molar-refractivity contribution in [3.05, 3.63) is 51.2 Å². The number of sulfonamides is 1. The zero-order valence-electron chi connectivity index (χ0n) is 10.6. The van der Waals surface area contributed by atoms with Gasteiger partial charge in [0.1, 0.15) is 10.8 Å². The monoisotopic (exact) mass is 334 g/mol. The maximum absolute atomic E-state index is 13.6. The van der Waals surface area contributed by atoms with Gasteiger partial charge in [-0.05, 0) is 12.1 Å². The van der Waals surface area contributed by atoms with E-state index in [1.807, 2.05) is 0 Å². The summed E-state index contributed by atoms with van der Waals surface area (Å²) in [6.07, 6.45) is 1.61. The van der Waals surface area contributed by atoms with Gasteiger partial charge >= 0.3 is 0 Å². The lowest BCUT2D eigenvalue weighted by Gasteiger charge is -2.16. The zero-order chi connectivity index (χ0) is 14.8. The molecule has 0 saturated heterocycles. The Bertz CT molecular complexity index is 689. The molecule has 0 aliphatic heterocycles. The predicted octanol–water partition coefficient (Wildman–Crippen LogP) is 2.90. The molecule has 0 N–H and O–H groups in total. The van der Waals surface area contributed by atoms with Crippen LogP contribution in [0.2, 0.25) is 5.02 Å². The maximum atomic E-state index is 13.6. The van der Waals surface area contributed by atoms with Gasteiger partial charge in [-0.15, -0.1) is 11.3 Å². The molecule has 4 nitrogen and oxygen atoms in total. The van der Waals surface area contributed by atoms with E-state index >= 15 is 0 Å². The largest absolute Gasteiger partial charge is 0.248 e. The number of rotatable bonds is 5. The van der Waals surface area contributed by atoms with E-state index in [9.17, 15) is 12.8 Å². The molecule has 0 aliphatic rings. The second-order valence-electron chi connectivity index (χ2n) is 4.17. The molecule has 0 fully saturated rings. The van der Waals surface area contributed by atoms with Crippen LogP contribution < -0.4 is 0 Å². The fourth-order valence-corrected chi connectivity index (χ4v) is 3.64. The van der Waals surface area contributed by atoms with Gasteiger partial charge in [0.2, 0.25) is 10.0 Å². The molecular formula is C12H12ClFN2O2S2. The van der Waals surface area contributed by atoms with E-state index in [-0.39, 0.29) is 17.1 Å². The molecule has 1 aromatic heterocycles. The molecule has 8 heteroatoms. The highest BCUT2D eigenvalue weighted by Crippen LogP contribution is 2.19. The molecule has 0 atom stereocenters. The number of thiazole rings is 1. The van der Waals surface area contributed by atoms with Crippen LogP contribution in [0.4, 0.5) is 4.39 Å². The van der Waals surface area contributed by atoms with E-state index in [1.54, 1.807) is 11.6 Å². The van der Waals surface area contributed by atoms with Crippen molar-refractivity contribution < 1.29 is 12.8 Å². The van der Waals surface area contributed by atoms with Gasteiger partial charge in [0.15, 0.2) is 0 Å². The SMILES string of the molecule is CN(Cc1nccs1)S(=O)(=O)Cc1ccc(Cl)cc1F. The highest BCUT2D eigenvalue weighted by molar-refractivity contribution is 7.88. The van der Waals surface area contributed by atoms with Crippen molar-refractivity contribution in [3.63, 3.8) is 0 Å². The summed E-state index contributed by atoms with van der Waals surface area (Å²) >= 11 is 7.01. The molecule has 0 unspecified atom stereocenters. The number of halogens is 2. The lowest BCUT2D eigenvalue weighted by molar-refractivity contribution is 0.464. The molecule has 2 aromatic rings. The third kappa shape index (κ3) is 3.76. The van der Waals surface area contributed by atoms with Crippen molar-refractivity contribution >= 4 is 33.0 Å². The first kappa shape index (κ1) is 15.4. The first-order valence-corrected chi connectivity index (χ1v) is 8.51. The van der Waals surface area contributed by atoms with Gasteiger partial charge in [0.25, 0.3) is 0 Å². The predicted molar refractivity (Wildman–Crippen MR) is 77.6 cm³/mol. The van der Waals surface area contributed by atoms with Gasteiger partial charge in [-0.25, -0.2) is 17.8 Å². The van der Waals surface area contributed by atoms with E-state index in [0.29, 0.717) is 5.01 Å². The van der Waals surface area contributed by atoms with Gasteiger partial charge in [-0.3, -0.25) is 0 Å². The number of benzene rings is 1. The highest BCUT2D eigenvalue weighted by atomic mass is 35.5. The molecular weight excluding hydrogens is 323 g/mol. The van der Waals surface area contributed by atoms with Crippen molar-refractivity contribution in [2.45, 2.75) is 12.3 Å². The third-order valence-electron chi connectivity index (χ3n) is 2.67. The summed E-state index contributed by atoms with van der Waals surface area (Å²) in [6.45, 7) is 0.176. The molecule has 2 rings (SSSR count). The Hall–Kier alpha value is -1.02. The van der Waals surface area contributed by atoms with Crippen LogP contribution in [0.25, 0.3) is 0 Å². The summed E-state index contributed by atoms with van der Waals surface area (Å²) in [5, 5.41) is 2.70. The quantitative estimate of drug-likeness (QED) is 0.844. The minimum atomic E-state index is -3.61. The topological polar surface area (TPSA) is 50.3 Å². The molecule has 20 heavy (non-hydrogen) atoms. The van der Waals surface area contributed by atoms with Crippen LogP contribution in [0.1, 0.15) is 10.6 Å². The molecule has 0 bridgehead atoms. The molecule has 0 spiro atoms. The summed E-state index contributed by atoms with van der Waals surface area (Å²) in [4.78, 5) is 4.03. The minimum absolute atomic E-state index is 0.0976. The Balaban J connectivity index is 2.14. The lowest BCUT2D eigenvalue weighted by atomic mass is 10.2. The van der Waals surface area contributed by atoms with Gasteiger partial charge in [0, 0.05) is 29.2 Å². The van der Waals surface area contributed by atoms with Crippen molar-refractivity contribution in [1.29, 1.82) is 0 Å². The highest BCUT2D eigenvalue weighted by Gasteiger charge is 2.21. The molecule has 0 saturated carbocycles. The van der Waals surface area contributed by atoms with E-state index in [0.717, 1.165) is 6.07 Å². The molecule has 1 heterocycles. The van der Waals surface area contributed by atoms with Crippen LogP contribution in [0.15, 0.2) is 29.8 Å². The summed E-state index contributed by atoms with van der Waals surface area (Å²) in [7, 11) is -2.16. The number of hydrogen-bond donors (Lipinski definition) is 0. The number of nitrogens with zero attached hydrogens (tertiary/aromatic N) is 2. The first-order chi connectivity index (χ1) is 9.38. The van der Waals surface area contributed by atoms with E-state index in [2.05, 4.69) is 4.98 Å². The van der Waals surface area contributed by atoms with Crippen LogP contribution in [0.5, 0.6) is 0 Å². The van der Waals surface area contributed by atoms with Crippen LogP contribution in [0.3, 0.4) is 0 Å². The van der Waals surface area contributed by atoms with Crippen LogP contribution in [-0.2, 0) is 22.3 Å². The van der Waals surface area contributed by atoms with Crippen molar-refractivity contribution in [2.75, 3.05) is 7.05 Å². The van der Waals surface area contributed by atoms with E-state index < -0.39 is 21.6 Å². The van der Waals surface area contributed by atoms with Crippen LogP contribution in [0, 0.1) is 5.82 Å². The minimum Gasteiger partial charge on any atom is -0.248 e. The average Bonchev–Trinajstić information content (AvgIpc) is 2.85. The van der Waals surface area contributed by atoms with Gasteiger partial charge in [-0.2, -0.15) is 4.31 Å². The van der Waals surface area contributed by atoms with Crippen molar-refractivity contribution in [2.24, 2.45) is 0 Å². The standard InChI is InChI=1S/C12H12ClFN2O2S2/c1-16(7-12-15-4-5-19-12)20(17,18)8-9-2-3-10(13)6-11(9)14/h2-6H,7-8H2,1H3. The molecule has 1 aromatic carbocycles. The molecule has 0 aliphatic carbocycles. The second kappa shape index (κ2) is 6.17. The summed E-state index contributed by atoms with van der Waals surface area (Å²) in [5.41, 5.74) is 0.0976. The summed E-state index contributed by atoms with van der Waals surface area (Å²) in [6, 6.07) is 3.95. The average molecular weight is 335 g/mol. The van der Waals surface area contributed by atoms with Gasteiger partial charge < -0.3 is 0 Å². The fourth-order valence-electron chi connectivity index (χ4n) is 1.57. The Morgan fingerprint density at radius 1 is 1.45 bits per heavy atom. The smallest absolute Gasteiger partial charge is 0.218 e. The summed E-state index contributed by atoms with van der Waals surface area (Å²) in [5.74, 6) is -1.03. The zero-order valence-corrected chi connectivity index (χ0v) is 13.0. The number of aromatic nitrogens is 1. The molecule has 0 amide bonds. The van der Waals surface area contributed by atoms with Gasteiger partial charge in [0.05, 0.1) is 12.3 Å². The van der Waals surface area contributed by atoms with Crippen LogP contribution >= 0.6 is 22.9 Å². The normalized spacial score (nSPS) is 12.0. The number of hydrogen-bond acceptors (Lipinski definition) is 4. The van der Waals surface area contributed by atoms with E-state index in [4.69, 9.17) is 11.6 Å². The van der Waals surface area contributed by atoms with Crippen LogP contribution in [-0.4, -0.2) is 24.8 Å². The Kier molecular flexibility index (Phi) is 4.74. The molecule has 0 radical (unpaired) electrons. The van der Waals surface area contributed by atoms with Crippen molar-refractivity contribution in [3.8, 4) is 0 Å². The Labute approximate surface area is 125 Å². The van der Waals surface area contributed by atoms with Gasteiger partial charge in [-0.1, -0.05) is 17.7 Å². The second-order valence-corrected chi connectivity index (χ2v) is 7.67.